The quantitative estimate of drug-likeness (QED) is 0.300. The predicted octanol–water partition coefficient (Wildman–Crippen LogP) is 5.12. The molecule has 0 bridgehead atoms. The fourth-order valence-corrected chi connectivity index (χ4v) is 5.66. The number of carbonyl (C=O) groups excluding carboxylic acids is 2. The van der Waals surface area contributed by atoms with E-state index < -0.39 is 28.5 Å². The van der Waals surface area contributed by atoms with Gasteiger partial charge in [0.25, 0.3) is 10.0 Å². The highest BCUT2D eigenvalue weighted by Gasteiger charge is 2.34. The zero-order valence-corrected chi connectivity index (χ0v) is 24.8. The lowest BCUT2D eigenvalue weighted by Crippen LogP contribution is -2.51. The summed E-state index contributed by atoms with van der Waals surface area (Å²) in [5.74, 6) is -0.387. The molecule has 0 spiro atoms. The van der Waals surface area contributed by atoms with Gasteiger partial charge in [-0.2, -0.15) is 0 Å². The van der Waals surface area contributed by atoms with Crippen molar-refractivity contribution in [2.45, 2.75) is 45.2 Å². The van der Waals surface area contributed by atoms with E-state index in [1.807, 2.05) is 13.8 Å². The number of nitrogens with one attached hydrogen (secondary N) is 1. The van der Waals surface area contributed by atoms with Crippen molar-refractivity contribution in [3.05, 3.63) is 89.4 Å². The van der Waals surface area contributed by atoms with Gasteiger partial charge in [0, 0.05) is 18.1 Å². The van der Waals surface area contributed by atoms with Crippen LogP contribution in [0.3, 0.4) is 0 Å². The zero-order valence-electron chi connectivity index (χ0n) is 23.2. The van der Waals surface area contributed by atoms with Crippen molar-refractivity contribution in [2.75, 3.05) is 24.0 Å². The van der Waals surface area contributed by atoms with Gasteiger partial charge in [-0.25, -0.2) is 8.42 Å². The van der Waals surface area contributed by atoms with Gasteiger partial charge in [-0.3, -0.25) is 13.9 Å². The lowest BCUT2D eigenvalue weighted by atomic mass is 10.1. The molecular formula is C30H36ClN3O5S. The fourth-order valence-electron chi connectivity index (χ4n) is 4.02. The molecule has 0 aliphatic heterocycles. The number of halogens is 1. The molecule has 0 fully saturated rings. The van der Waals surface area contributed by atoms with Crippen LogP contribution in [-0.4, -0.2) is 50.9 Å². The van der Waals surface area contributed by atoms with Gasteiger partial charge in [-0.15, -0.1) is 0 Å². The summed E-state index contributed by atoms with van der Waals surface area (Å²) in [6.45, 7) is 7.55. The SMILES string of the molecule is CCOc1ccccc1N(CC(=O)N(Cc1ccccc1Cl)C(C)C(=O)NCC(C)C)S(=O)(=O)c1ccccc1. The number of carbonyl (C=O) groups is 2. The molecule has 3 aromatic carbocycles. The maximum Gasteiger partial charge on any atom is 0.264 e. The minimum Gasteiger partial charge on any atom is -0.492 e. The van der Waals surface area contributed by atoms with Gasteiger partial charge in [0.1, 0.15) is 18.3 Å². The van der Waals surface area contributed by atoms with E-state index in [9.17, 15) is 18.0 Å². The minimum absolute atomic E-state index is 0.0150. The molecule has 0 saturated heterocycles. The summed E-state index contributed by atoms with van der Waals surface area (Å²) in [6, 6.07) is 20.7. The third-order valence-electron chi connectivity index (χ3n) is 6.19. The first kappa shape index (κ1) is 31.0. The number of nitrogens with zero attached hydrogens (tertiary/aromatic N) is 2. The Morgan fingerprint density at radius 1 is 0.925 bits per heavy atom. The molecule has 3 aromatic rings. The highest BCUT2D eigenvalue weighted by Crippen LogP contribution is 2.33. The molecular weight excluding hydrogens is 550 g/mol. The summed E-state index contributed by atoms with van der Waals surface area (Å²) in [5, 5.41) is 3.30. The van der Waals surface area contributed by atoms with E-state index in [2.05, 4.69) is 5.32 Å². The number of ether oxygens (including phenoxy) is 1. The highest BCUT2D eigenvalue weighted by atomic mass is 35.5. The summed E-state index contributed by atoms with van der Waals surface area (Å²) in [7, 11) is -4.19. The molecule has 0 aliphatic rings. The monoisotopic (exact) mass is 585 g/mol. The second-order valence-corrected chi connectivity index (χ2v) is 11.9. The second kappa shape index (κ2) is 14.2. The first-order valence-electron chi connectivity index (χ1n) is 13.2. The topological polar surface area (TPSA) is 96.0 Å². The fraction of sp³-hybridized carbons (Fsp3) is 0.333. The lowest BCUT2D eigenvalue weighted by Gasteiger charge is -2.32. The predicted molar refractivity (Wildman–Crippen MR) is 158 cm³/mol. The van der Waals surface area contributed by atoms with Crippen molar-refractivity contribution in [3.8, 4) is 5.75 Å². The second-order valence-electron chi connectivity index (χ2n) is 9.65. The molecule has 3 rings (SSSR count). The van der Waals surface area contributed by atoms with Crippen molar-refractivity contribution in [3.63, 3.8) is 0 Å². The molecule has 0 heterocycles. The summed E-state index contributed by atoms with van der Waals surface area (Å²) in [4.78, 5) is 28.5. The largest absolute Gasteiger partial charge is 0.492 e. The van der Waals surface area contributed by atoms with E-state index in [4.69, 9.17) is 16.3 Å². The van der Waals surface area contributed by atoms with Crippen molar-refractivity contribution in [1.82, 2.24) is 10.2 Å². The Labute approximate surface area is 241 Å². The lowest BCUT2D eigenvalue weighted by molar-refractivity contribution is -0.139. The maximum absolute atomic E-state index is 14.0. The maximum atomic E-state index is 14.0. The van der Waals surface area contributed by atoms with Crippen LogP contribution in [0, 0.1) is 5.92 Å². The van der Waals surface area contributed by atoms with Gasteiger partial charge in [0.05, 0.1) is 17.2 Å². The molecule has 0 aromatic heterocycles. The number of hydrogen-bond acceptors (Lipinski definition) is 5. The molecule has 10 heteroatoms. The molecule has 0 aliphatic carbocycles. The zero-order chi connectivity index (χ0) is 29.3. The number of para-hydroxylation sites is 2. The van der Waals surface area contributed by atoms with Crippen molar-refractivity contribution in [1.29, 1.82) is 0 Å². The van der Waals surface area contributed by atoms with Gasteiger partial charge in [-0.1, -0.05) is 74.0 Å². The Bertz CT molecular complexity index is 1400. The van der Waals surface area contributed by atoms with E-state index in [0.29, 0.717) is 29.5 Å². The Morgan fingerprint density at radius 2 is 1.55 bits per heavy atom. The van der Waals surface area contributed by atoms with Crippen LogP contribution in [0.25, 0.3) is 0 Å². The first-order valence-corrected chi connectivity index (χ1v) is 15.0. The van der Waals surface area contributed by atoms with Crippen LogP contribution in [0.2, 0.25) is 5.02 Å². The number of benzene rings is 3. The van der Waals surface area contributed by atoms with Crippen LogP contribution in [-0.2, 0) is 26.2 Å². The molecule has 214 valence electrons. The molecule has 1 N–H and O–H groups in total. The van der Waals surface area contributed by atoms with Crippen molar-refractivity contribution >= 4 is 39.1 Å². The number of hydrogen-bond donors (Lipinski definition) is 1. The molecule has 8 nitrogen and oxygen atoms in total. The summed E-state index contributed by atoms with van der Waals surface area (Å²) in [6.07, 6.45) is 0. The Morgan fingerprint density at radius 3 is 2.20 bits per heavy atom. The van der Waals surface area contributed by atoms with E-state index in [-0.39, 0.29) is 29.0 Å². The Balaban J connectivity index is 2.06. The van der Waals surface area contributed by atoms with Gasteiger partial charge in [-0.05, 0) is 55.7 Å². The Kier molecular flexibility index (Phi) is 11.0. The Hall–Kier alpha value is -3.56. The van der Waals surface area contributed by atoms with Gasteiger partial charge < -0.3 is 15.0 Å². The van der Waals surface area contributed by atoms with Crippen LogP contribution >= 0.6 is 11.6 Å². The summed E-state index contributed by atoms with van der Waals surface area (Å²) >= 11 is 6.41. The third-order valence-corrected chi connectivity index (χ3v) is 8.34. The van der Waals surface area contributed by atoms with E-state index >= 15 is 0 Å². The average Bonchev–Trinajstić information content (AvgIpc) is 2.94. The molecule has 40 heavy (non-hydrogen) atoms. The van der Waals surface area contributed by atoms with Crippen molar-refractivity contribution < 1.29 is 22.7 Å². The molecule has 0 radical (unpaired) electrons. The molecule has 2 amide bonds. The molecule has 0 saturated carbocycles. The van der Waals surface area contributed by atoms with Gasteiger partial charge in [0.2, 0.25) is 11.8 Å². The minimum atomic E-state index is -4.19. The van der Waals surface area contributed by atoms with Crippen LogP contribution in [0.4, 0.5) is 5.69 Å². The van der Waals surface area contributed by atoms with Crippen LogP contribution in [0.1, 0.15) is 33.3 Å². The van der Waals surface area contributed by atoms with Crippen LogP contribution in [0.15, 0.2) is 83.8 Å². The van der Waals surface area contributed by atoms with Crippen molar-refractivity contribution in [2.24, 2.45) is 5.92 Å². The average molecular weight is 586 g/mol. The van der Waals surface area contributed by atoms with Gasteiger partial charge in [0.15, 0.2) is 0 Å². The number of anilines is 1. The standard InChI is InChI=1S/C30H36ClN3O5S/c1-5-39-28-18-12-11-17-27(28)34(40(37,38)25-14-7-6-8-15-25)21-29(35)33(20-24-13-9-10-16-26(24)31)23(4)30(36)32-19-22(2)3/h6-18,22-23H,5,19-21H2,1-4H3,(H,32,36). The summed E-state index contributed by atoms with van der Waals surface area (Å²) in [5.41, 5.74) is 0.851. The van der Waals surface area contributed by atoms with Crippen LogP contribution < -0.4 is 14.4 Å². The van der Waals surface area contributed by atoms with E-state index in [0.717, 1.165) is 4.31 Å². The smallest absolute Gasteiger partial charge is 0.264 e. The normalized spacial score (nSPS) is 12.1. The highest BCUT2D eigenvalue weighted by molar-refractivity contribution is 7.92. The number of amides is 2. The number of rotatable bonds is 13. The van der Waals surface area contributed by atoms with E-state index in [1.54, 1.807) is 80.6 Å². The first-order chi connectivity index (χ1) is 19.1. The van der Waals surface area contributed by atoms with Gasteiger partial charge >= 0.3 is 0 Å². The third kappa shape index (κ3) is 7.76. The van der Waals surface area contributed by atoms with Crippen LogP contribution in [0.5, 0.6) is 5.75 Å². The molecule has 1 atom stereocenters. The molecule has 1 unspecified atom stereocenters. The number of sulfonamides is 1. The van der Waals surface area contributed by atoms with E-state index in [1.165, 1.54) is 17.0 Å². The summed E-state index contributed by atoms with van der Waals surface area (Å²) < 4.78 is 34.6.